The Morgan fingerprint density at radius 1 is 0.926 bits per heavy atom. The van der Waals surface area contributed by atoms with E-state index in [0.717, 1.165) is 11.3 Å². The zero-order valence-corrected chi connectivity index (χ0v) is 15.7. The summed E-state index contributed by atoms with van der Waals surface area (Å²) in [6.45, 7) is 2.35. The van der Waals surface area contributed by atoms with Gasteiger partial charge in [-0.05, 0) is 49.2 Å². The zero-order valence-electron chi connectivity index (χ0n) is 15.7. The van der Waals surface area contributed by atoms with Crippen molar-refractivity contribution in [3.05, 3.63) is 53.6 Å². The van der Waals surface area contributed by atoms with Crippen LogP contribution in [-0.4, -0.2) is 32.6 Å². The molecule has 0 heterocycles. The molecule has 0 atom stereocenters. The molecule has 7 nitrogen and oxygen atoms in total. The molecule has 0 bridgehead atoms. The number of amides is 2. The molecule has 2 N–H and O–H groups in total. The minimum absolute atomic E-state index is 0.249. The van der Waals surface area contributed by atoms with Crippen LogP contribution in [0.25, 0.3) is 0 Å². The van der Waals surface area contributed by atoms with Gasteiger partial charge >= 0.3 is 0 Å². The average molecular weight is 372 g/mol. The summed E-state index contributed by atoms with van der Waals surface area (Å²) in [6.07, 6.45) is 0.807. The highest BCUT2D eigenvalue weighted by Crippen LogP contribution is 2.27. The fourth-order valence-electron chi connectivity index (χ4n) is 2.39. The van der Waals surface area contributed by atoms with E-state index in [-0.39, 0.29) is 12.3 Å². The lowest BCUT2D eigenvalue weighted by Crippen LogP contribution is -2.41. The first kappa shape index (κ1) is 20.1. The van der Waals surface area contributed by atoms with Gasteiger partial charge in [0, 0.05) is 12.0 Å². The summed E-state index contributed by atoms with van der Waals surface area (Å²) in [5.74, 6) is 1.06. The van der Waals surface area contributed by atoms with Crippen LogP contribution < -0.4 is 25.1 Å². The molecule has 0 saturated heterocycles. The number of carbonyl (C=O) groups excluding carboxylic acids is 2. The molecule has 2 aromatic rings. The highest BCUT2D eigenvalue weighted by Gasteiger charge is 2.12. The smallest absolute Gasteiger partial charge is 0.269 e. The van der Waals surface area contributed by atoms with Gasteiger partial charge in [0.1, 0.15) is 5.75 Å². The molecule has 2 rings (SSSR count). The fourth-order valence-corrected chi connectivity index (χ4v) is 2.39. The summed E-state index contributed by atoms with van der Waals surface area (Å²) in [4.78, 5) is 24.1. The summed E-state index contributed by atoms with van der Waals surface area (Å²) in [5, 5.41) is 0. The first-order chi connectivity index (χ1) is 13.1. The van der Waals surface area contributed by atoms with E-state index in [1.807, 2.05) is 31.2 Å². The number of carbonyl (C=O) groups is 2. The number of methoxy groups -OCH3 is 2. The third kappa shape index (κ3) is 5.91. The van der Waals surface area contributed by atoms with Crippen LogP contribution in [0.15, 0.2) is 42.5 Å². The van der Waals surface area contributed by atoms with Gasteiger partial charge in [-0.3, -0.25) is 20.4 Å². The van der Waals surface area contributed by atoms with E-state index in [4.69, 9.17) is 14.2 Å². The van der Waals surface area contributed by atoms with Crippen molar-refractivity contribution in [3.8, 4) is 17.2 Å². The Labute approximate surface area is 158 Å². The summed E-state index contributed by atoms with van der Waals surface area (Å²) < 4.78 is 15.7. The van der Waals surface area contributed by atoms with E-state index >= 15 is 0 Å². The molecule has 0 saturated carbocycles. The molecular weight excluding hydrogens is 348 g/mol. The highest BCUT2D eigenvalue weighted by atomic mass is 16.5. The second-order valence-corrected chi connectivity index (χ2v) is 5.65. The van der Waals surface area contributed by atoms with Crippen LogP contribution in [0.4, 0.5) is 0 Å². The summed E-state index contributed by atoms with van der Waals surface area (Å²) in [7, 11) is 3.10. The summed E-state index contributed by atoms with van der Waals surface area (Å²) in [5.41, 5.74) is 6.18. The zero-order chi connectivity index (χ0) is 19.6. The van der Waals surface area contributed by atoms with Gasteiger partial charge in [-0.1, -0.05) is 12.1 Å². The van der Waals surface area contributed by atoms with Gasteiger partial charge in [0.05, 0.1) is 20.8 Å². The van der Waals surface area contributed by atoms with Crippen molar-refractivity contribution in [1.82, 2.24) is 10.9 Å². The van der Waals surface area contributed by atoms with Crippen molar-refractivity contribution < 1.29 is 23.8 Å². The SMILES string of the molecule is CCOc1ccc(C(=O)NNC(=O)CCc2ccc(OC)cc2)cc1OC. The lowest BCUT2D eigenvalue weighted by molar-refractivity contribution is -0.121. The minimum Gasteiger partial charge on any atom is -0.497 e. The molecule has 0 aliphatic heterocycles. The van der Waals surface area contributed by atoms with Crippen LogP contribution in [0, 0.1) is 0 Å². The number of ether oxygens (including phenoxy) is 3. The quantitative estimate of drug-likeness (QED) is 0.696. The molecular formula is C20H24N2O5. The number of benzene rings is 2. The molecule has 0 aromatic heterocycles. The monoisotopic (exact) mass is 372 g/mol. The lowest BCUT2D eigenvalue weighted by Gasteiger charge is -2.11. The molecule has 0 aliphatic rings. The fraction of sp³-hybridized carbons (Fsp3) is 0.300. The second-order valence-electron chi connectivity index (χ2n) is 5.65. The number of aryl methyl sites for hydroxylation is 1. The van der Waals surface area contributed by atoms with Crippen molar-refractivity contribution in [3.63, 3.8) is 0 Å². The topological polar surface area (TPSA) is 85.9 Å². The van der Waals surface area contributed by atoms with E-state index in [1.54, 1.807) is 25.3 Å². The standard InChI is InChI=1S/C20H24N2O5/c1-4-27-17-11-8-15(13-18(17)26-3)20(24)22-21-19(23)12-7-14-5-9-16(25-2)10-6-14/h5-6,8-11,13H,4,7,12H2,1-3H3,(H,21,23)(H,22,24). The van der Waals surface area contributed by atoms with Crippen molar-refractivity contribution >= 4 is 11.8 Å². The Bertz CT molecular complexity index is 774. The summed E-state index contributed by atoms with van der Waals surface area (Å²) in [6, 6.07) is 12.3. The van der Waals surface area contributed by atoms with Crippen molar-refractivity contribution in [2.24, 2.45) is 0 Å². The number of hydrazine groups is 1. The van der Waals surface area contributed by atoms with E-state index < -0.39 is 5.91 Å². The summed E-state index contributed by atoms with van der Waals surface area (Å²) >= 11 is 0. The number of nitrogens with one attached hydrogen (secondary N) is 2. The largest absolute Gasteiger partial charge is 0.497 e. The van der Waals surface area contributed by atoms with Gasteiger partial charge in [-0.15, -0.1) is 0 Å². The van der Waals surface area contributed by atoms with Crippen LogP contribution >= 0.6 is 0 Å². The third-order valence-electron chi connectivity index (χ3n) is 3.84. The van der Waals surface area contributed by atoms with Crippen LogP contribution in [0.2, 0.25) is 0 Å². The first-order valence-corrected chi connectivity index (χ1v) is 8.60. The van der Waals surface area contributed by atoms with Crippen LogP contribution in [0.1, 0.15) is 29.3 Å². The molecule has 7 heteroatoms. The predicted molar refractivity (Wildman–Crippen MR) is 101 cm³/mol. The van der Waals surface area contributed by atoms with Crippen molar-refractivity contribution in [2.75, 3.05) is 20.8 Å². The lowest BCUT2D eigenvalue weighted by atomic mass is 10.1. The molecule has 2 amide bonds. The van der Waals surface area contributed by atoms with Gasteiger partial charge in [0.15, 0.2) is 11.5 Å². The Morgan fingerprint density at radius 3 is 2.30 bits per heavy atom. The minimum atomic E-state index is -0.436. The predicted octanol–water partition coefficient (Wildman–Crippen LogP) is 2.50. The van der Waals surface area contributed by atoms with E-state index in [0.29, 0.717) is 30.1 Å². The Kier molecular flexibility index (Phi) is 7.49. The average Bonchev–Trinajstić information content (AvgIpc) is 2.71. The Morgan fingerprint density at radius 2 is 1.67 bits per heavy atom. The molecule has 144 valence electrons. The Hall–Kier alpha value is -3.22. The van der Waals surface area contributed by atoms with Gasteiger partial charge in [-0.2, -0.15) is 0 Å². The normalized spacial score (nSPS) is 10.0. The molecule has 2 aromatic carbocycles. The maximum absolute atomic E-state index is 12.2. The van der Waals surface area contributed by atoms with E-state index in [1.165, 1.54) is 7.11 Å². The van der Waals surface area contributed by atoms with E-state index in [9.17, 15) is 9.59 Å². The number of hydrogen-bond acceptors (Lipinski definition) is 5. The molecule has 0 spiro atoms. The van der Waals surface area contributed by atoms with Crippen molar-refractivity contribution in [2.45, 2.75) is 19.8 Å². The third-order valence-corrected chi connectivity index (χ3v) is 3.84. The molecule has 0 aliphatic carbocycles. The van der Waals surface area contributed by atoms with Gasteiger partial charge in [0.2, 0.25) is 5.91 Å². The second kappa shape index (κ2) is 10.1. The molecule has 0 fully saturated rings. The van der Waals surface area contributed by atoms with Gasteiger partial charge < -0.3 is 14.2 Å². The first-order valence-electron chi connectivity index (χ1n) is 8.60. The maximum atomic E-state index is 12.2. The van der Waals surface area contributed by atoms with Crippen LogP contribution in [0.5, 0.6) is 17.2 Å². The molecule has 0 unspecified atom stereocenters. The molecule has 0 radical (unpaired) electrons. The highest BCUT2D eigenvalue weighted by molar-refractivity contribution is 5.96. The van der Waals surface area contributed by atoms with Gasteiger partial charge in [-0.25, -0.2) is 0 Å². The van der Waals surface area contributed by atoms with Crippen LogP contribution in [0.3, 0.4) is 0 Å². The van der Waals surface area contributed by atoms with E-state index in [2.05, 4.69) is 10.9 Å². The number of rotatable bonds is 8. The number of hydrogen-bond donors (Lipinski definition) is 2. The maximum Gasteiger partial charge on any atom is 0.269 e. The molecule has 27 heavy (non-hydrogen) atoms. The van der Waals surface area contributed by atoms with Crippen LogP contribution in [-0.2, 0) is 11.2 Å². The van der Waals surface area contributed by atoms with Crippen molar-refractivity contribution in [1.29, 1.82) is 0 Å². The van der Waals surface area contributed by atoms with Gasteiger partial charge in [0.25, 0.3) is 5.91 Å². The Balaban J connectivity index is 1.84.